The summed E-state index contributed by atoms with van der Waals surface area (Å²) >= 11 is 0. The van der Waals surface area contributed by atoms with Gasteiger partial charge in [-0.25, -0.2) is 17.9 Å². The second-order valence-electron chi connectivity index (χ2n) is 5.98. The van der Waals surface area contributed by atoms with Gasteiger partial charge in [0, 0.05) is 6.54 Å². The number of rotatable bonds is 10. The topological polar surface area (TPSA) is 111 Å². The molecule has 2 aromatic carbocycles. The number of para-hydroxylation sites is 2. The third-order valence-corrected chi connectivity index (χ3v) is 5.18. The van der Waals surface area contributed by atoms with Crippen LogP contribution in [0.25, 0.3) is 0 Å². The Labute approximate surface area is 170 Å². The van der Waals surface area contributed by atoms with Crippen LogP contribution < -0.4 is 14.8 Å². The monoisotopic (exact) mass is 420 g/mol. The fourth-order valence-electron chi connectivity index (χ4n) is 2.36. The molecular formula is C20H24N2O6S. The maximum absolute atomic E-state index is 12.2. The predicted molar refractivity (Wildman–Crippen MR) is 108 cm³/mol. The molecule has 0 aromatic heterocycles. The van der Waals surface area contributed by atoms with Crippen molar-refractivity contribution < 1.29 is 27.5 Å². The van der Waals surface area contributed by atoms with Crippen LogP contribution in [0.5, 0.6) is 5.75 Å². The Kier molecular flexibility index (Phi) is 8.17. The minimum absolute atomic E-state index is 0.0342. The van der Waals surface area contributed by atoms with E-state index in [1.54, 1.807) is 24.3 Å². The van der Waals surface area contributed by atoms with Gasteiger partial charge in [0.1, 0.15) is 5.75 Å². The fraction of sp³-hybridized carbons (Fsp3) is 0.300. The van der Waals surface area contributed by atoms with Crippen LogP contribution in [0, 0.1) is 0 Å². The number of anilines is 1. The number of nitrogens with one attached hydrogen (secondary N) is 2. The minimum Gasteiger partial charge on any atom is -0.492 e. The van der Waals surface area contributed by atoms with Gasteiger partial charge < -0.3 is 14.8 Å². The number of esters is 1. The Morgan fingerprint density at radius 1 is 1.03 bits per heavy atom. The summed E-state index contributed by atoms with van der Waals surface area (Å²) in [6, 6.07) is 12.3. The van der Waals surface area contributed by atoms with Crippen molar-refractivity contribution in [3.63, 3.8) is 0 Å². The second-order valence-corrected chi connectivity index (χ2v) is 7.75. The van der Waals surface area contributed by atoms with E-state index < -0.39 is 28.5 Å². The van der Waals surface area contributed by atoms with Crippen LogP contribution >= 0.6 is 0 Å². The molecule has 0 unspecified atom stereocenters. The molecule has 9 heteroatoms. The summed E-state index contributed by atoms with van der Waals surface area (Å²) in [5.74, 6) is -0.836. The molecule has 156 valence electrons. The van der Waals surface area contributed by atoms with Crippen molar-refractivity contribution in [1.82, 2.24) is 4.72 Å². The number of benzene rings is 2. The third kappa shape index (κ3) is 6.58. The maximum atomic E-state index is 12.2. The Balaban J connectivity index is 1.99. The lowest BCUT2D eigenvalue weighted by molar-refractivity contribution is -0.119. The maximum Gasteiger partial charge on any atom is 0.338 e. The van der Waals surface area contributed by atoms with Crippen LogP contribution in [0.1, 0.15) is 30.6 Å². The number of hydrogen-bond donors (Lipinski definition) is 2. The Hall–Kier alpha value is -2.91. The highest BCUT2D eigenvalue weighted by Crippen LogP contribution is 2.23. The summed E-state index contributed by atoms with van der Waals surface area (Å²) in [6.07, 6.45) is 0.641. The van der Waals surface area contributed by atoms with Crippen molar-refractivity contribution >= 4 is 27.6 Å². The number of carbonyl (C=O) groups excluding carboxylic acids is 2. The first-order valence-corrected chi connectivity index (χ1v) is 10.6. The van der Waals surface area contributed by atoms with Gasteiger partial charge in [0.25, 0.3) is 5.91 Å². The zero-order chi connectivity index (χ0) is 21.3. The van der Waals surface area contributed by atoms with E-state index in [0.29, 0.717) is 31.0 Å². The molecule has 0 radical (unpaired) electrons. The summed E-state index contributed by atoms with van der Waals surface area (Å²) in [7, 11) is -3.71. The Morgan fingerprint density at radius 2 is 1.79 bits per heavy atom. The van der Waals surface area contributed by atoms with E-state index in [1.165, 1.54) is 24.3 Å². The van der Waals surface area contributed by atoms with Crippen LogP contribution in [0.4, 0.5) is 5.69 Å². The SMILES string of the molecule is CCCNS(=O)(=O)c1cccc(C(=O)OCC(=O)Nc2ccccc2OCC)c1. The van der Waals surface area contributed by atoms with Gasteiger partial charge in [-0.05, 0) is 43.7 Å². The largest absolute Gasteiger partial charge is 0.492 e. The molecule has 29 heavy (non-hydrogen) atoms. The van der Waals surface area contributed by atoms with Gasteiger partial charge in [-0.1, -0.05) is 25.1 Å². The summed E-state index contributed by atoms with van der Waals surface area (Å²) in [5, 5.41) is 2.61. The number of carbonyl (C=O) groups is 2. The van der Waals surface area contributed by atoms with Crippen LogP contribution in [0.3, 0.4) is 0 Å². The molecule has 1 amide bonds. The molecule has 0 aliphatic carbocycles. The van der Waals surface area contributed by atoms with E-state index in [2.05, 4.69) is 10.0 Å². The van der Waals surface area contributed by atoms with Crippen LogP contribution in [-0.2, 0) is 19.6 Å². The van der Waals surface area contributed by atoms with Gasteiger partial charge in [0.2, 0.25) is 10.0 Å². The van der Waals surface area contributed by atoms with Gasteiger partial charge in [0.05, 0.1) is 22.8 Å². The van der Waals surface area contributed by atoms with Crippen molar-refractivity contribution in [2.75, 3.05) is 25.1 Å². The molecule has 2 aromatic rings. The smallest absolute Gasteiger partial charge is 0.338 e. The molecule has 8 nitrogen and oxygen atoms in total. The van der Waals surface area contributed by atoms with E-state index >= 15 is 0 Å². The standard InChI is InChI=1S/C20H24N2O6S/c1-3-12-21-29(25,26)16-9-7-8-15(13-16)20(24)28-14-19(23)22-17-10-5-6-11-18(17)27-4-2/h5-11,13,21H,3-4,12,14H2,1-2H3,(H,22,23). The van der Waals surface area contributed by atoms with Crippen molar-refractivity contribution in [3.8, 4) is 5.75 Å². The quantitative estimate of drug-likeness (QED) is 0.572. The van der Waals surface area contributed by atoms with Crippen molar-refractivity contribution in [2.45, 2.75) is 25.2 Å². The predicted octanol–water partition coefficient (Wildman–Crippen LogP) is 2.57. The number of ether oxygens (including phenoxy) is 2. The van der Waals surface area contributed by atoms with Crippen LogP contribution in [-0.4, -0.2) is 40.1 Å². The molecule has 2 N–H and O–H groups in total. The normalized spacial score (nSPS) is 11.0. The van der Waals surface area contributed by atoms with Crippen LogP contribution in [0.15, 0.2) is 53.4 Å². The first-order chi connectivity index (χ1) is 13.9. The molecule has 0 aliphatic heterocycles. The second kappa shape index (κ2) is 10.6. The summed E-state index contributed by atoms with van der Waals surface area (Å²) in [6.45, 7) is 3.87. The van der Waals surface area contributed by atoms with Gasteiger partial charge in [-0.15, -0.1) is 0 Å². The average molecular weight is 420 g/mol. The van der Waals surface area contributed by atoms with E-state index in [9.17, 15) is 18.0 Å². The lowest BCUT2D eigenvalue weighted by Crippen LogP contribution is -2.25. The molecule has 0 aliphatic rings. The highest BCUT2D eigenvalue weighted by atomic mass is 32.2. The average Bonchev–Trinajstić information content (AvgIpc) is 2.72. The number of hydrogen-bond acceptors (Lipinski definition) is 6. The molecule has 0 heterocycles. The first kappa shape index (κ1) is 22.4. The number of amides is 1. The molecular weight excluding hydrogens is 396 g/mol. The van der Waals surface area contributed by atoms with Crippen molar-refractivity contribution in [3.05, 3.63) is 54.1 Å². The van der Waals surface area contributed by atoms with E-state index in [1.807, 2.05) is 13.8 Å². The molecule has 0 bridgehead atoms. The fourth-order valence-corrected chi connectivity index (χ4v) is 3.54. The summed E-state index contributed by atoms with van der Waals surface area (Å²) < 4.78 is 37.2. The zero-order valence-corrected chi connectivity index (χ0v) is 17.1. The Morgan fingerprint density at radius 3 is 2.52 bits per heavy atom. The summed E-state index contributed by atoms with van der Waals surface area (Å²) in [5.41, 5.74) is 0.498. The van der Waals surface area contributed by atoms with Crippen LogP contribution in [0.2, 0.25) is 0 Å². The Bertz CT molecular complexity index is 959. The van der Waals surface area contributed by atoms with Crippen molar-refractivity contribution in [1.29, 1.82) is 0 Å². The van der Waals surface area contributed by atoms with Gasteiger partial charge in [-0.3, -0.25) is 4.79 Å². The molecule has 2 rings (SSSR count). The minimum atomic E-state index is -3.71. The van der Waals surface area contributed by atoms with Gasteiger partial charge in [0.15, 0.2) is 6.61 Å². The highest BCUT2D eigenvalue weighted by molar-refractivity contribution is 7.89. The highest BCUT2D eigenvalue weighted by Gasteiger charge is 2.17. The lowest BCUT2D eigenvalue weighted by Gasteiger charge is -2.11. The summed E-state index contributed by atoms with van der Waals surface area (Å²) in [4.78, 5) is 24.3. The molecule has 0 atom stereocenters. The molecule has 0 fully saturated rings. The zero-order valence-electron chi connectivity index (χ0n) is 16.3. The van der Waals surface area contributed by atoms with Crippen molar-refractivity contribution in [2.24, 2.45) is 0 Å². The van der Waals surface area contributed by atoms with E-state index in [-0.39, 0.29) is 10.5 Å². The van der Waals surface area contributed by atoms with Gasteiger partial charge >= 0.3 is 5.97 Å². The molecule has 0 spiro atoms. The van der Waals surface area contributed by atoms with E-state index in [4.69, 9.17) is 9.47 Å². The van der Waals surface area contributed by atoms with E-state index in [0.717, 1.165) is 0 Å². The lowest BCUT2D eigenvalue weighted by atomic mass is 10.2. The third-order valence-electron chi connectivity index (χ3n) is 3.72. The molecule has 0 saturated heterocycles. The molecule has 0 saturated carbocycles. The van der Waals surface area contributed by atoms with Gasteiger partial charge in [-0.2, -0.15) is 0 Å². The first-order valence-electron chi connectivity index (χ1n) is 9.16. The number of sulfonamides is 1.